The molecule has 4 aromatic rings. The molecule has 0 aliphatic carbocycles. The van der Waals surface area contributed by atoms with Crippen molar-refractivity contribution in [2.75, 3.05) is 18.4 Å². The number of nitrogens with zero attached hydrogens (tertiary/aromatic N) is 5. The van der Waals surface area contributed by atoms with Gasteiger partial charge in [0.05, 0.1) is 21.7 Å². The van der Waals surface area contributed by atoms with E-state index in [0.717, 1.165) is 5.56 Å². The van der Waals surface area contributed by atoms with E-state index in [1.54, 1.807) is 41.4 Å². The number of benzene rings is 1. The van der Waals surface area contributed by atoms with Gasteiger partial charge in [0.2, 0.25) is 5.95 Å². The van der Waals surface area contributed by atoms with Crippen molar-refractivity contribution in [2.24, 2.45) is 0 Å². The average molecular weight is 553 g/mol. The standard InChI is InChI=1S/C23H20Cl2FN7O2.ClH/c24-16-4-3-13(10-17(16)25)11-28-23-29-18-19(21(34)30-23)33(31-20(18)26)15-5-8-32(9-6-15)22(35)14-2-1-7-27-12-14;/h1-4,7,10,12,15H,5-6,8-9,11H2,(H2,28,29,30,34);1H. The highest BCUT2D eigenvalue weighted by Crippen LogP contribution is 2.27. The van der Waals surface area contributed by atoms with Gasteiger partial charge in [0, 0.05) is 32.0 Å². The van der Waals surface area contributed by atoms with Crippen molar-refractivity contribution in [3.63, 3.8) is 0 Å². The van der Waals surface area contributed by atoms with Crippen LogP contribution in [0.1, 0.15) is 34.8 Å². The summed E-state index contributed by atoms with van der Waals surface area (Å²) < 4.78 is 16.1. The topological polar surface area (TPSA) is 109 Å². The number of likely N-dealkylation sites (tertiary alicyclic amines) is 1. The fourth-order valence-corrected chi connectivity index (χ4v) is 4.50. The lowest BCUT2D eigenvalue weighted by Crippen LogP contribution is -2.39. The number of aromatic amines is 1. The molecule has 0 spiro atoms. The summed E-state index contributed by atoms with van der Waals surface area (Å²) in [5, 5.41) is 7.79. The molecule has 9 nitrogen and oxygen atoms in total. The normalized spacial score (nSPS) is 14.0. The number of halogens is 4. The van der Waals surface area contributed by atoms with E-state index >= 15 is 0 Å². The molecule has 1 aliphatic rings. The fourth-order valence-electron chi connectivity index (χ4n) is 4.18. The molecule has 13 heteroatoms. The van der Waals surface area contributed by atoms with Crippen LogP contribution in [0.5, 0.6) is 0 Å². The number of carbonyl (C=O) groups excluding carboxylic acids is 1. The third-order valence-corrected chi connectivity index (χ3v) is 6.70. The first-order chi connectivity index (χ1) is 16.9. The van der Waals surface area contributed by atoms with Gasteiger partial charge in [-0.25, -0.2) is 4.98 Å². The zero-order valence-corrected chi connectivity index (χ0v) is 21.1. The molecule has 1 amide bonds. The van der Waals surface area contributed by atoms with Crippen molar-refractivity contribution in [3.05, 3.63) is 80.2 Å². The Morgan fingerprint density at radius 1 is 1.19 bits per heavy atom. The number of pyridine rings is 1. The minimum atomic E-state index is -0.822. The molecule has 1 fully saturated rings. The monoisotopic (exact) mass is 551 g/mol. The summed E-state index contributed by atoms with van der Waals surface area (Å²) in [6, 6.07) is 8.33. The molecule has 0 unspecified atom stereocenters. The Bertz CT molecular complexity index is 1450. The molecule has 188 valence electrons. The van der Waals surface area contributed by atoms with E-state index in [1.807, 2.05) is 0 Å². The van der Waals surface area contributed by atoms with Crippen LogP contribution < -0.4 is 10.9 Å². The maximum atomic E-state index is 14.7. The summed E-state index contributed by atoms with van der Waals surface area (Å²) in [5.74, 6) is -0.813. The number of fused-ring (bicyclic) bond motifs is 1. The average Bonchev–Trinajstić information content (AvgIpc) is 3.22. The van der Waals surface area contributed by atoms with Gasteiger partial charge >= 0.3 is 0 Å². The van der Waals surface area contributed by atoms with E-state index in [9.17, 15) is 14.0 Å². The van der Waals surface area contributed by atoms with E-state index < -0.39 is 11.5 Å². The van der Waals surface area contributed by atoms with Crippen LogP contribution in [0.4, 0.5) is 10.3 Å². The van der Waals surface area contributed by atoms with Crippen molar-refractivity contribution in [1.82, 2.24) is 29.6 Å². The van der Waals surface area contributed by atoms with Crippen LogP contribution in [-0.2, 0) is 6.54 Å². The van der Waals surface area contributed by atoms with Gasteiger partial charge in [0.15, 0.2) is 11.0 Å². The second-order valence-corrected chi connectivity index (χ2v) is 9.03. The zero-order chi connectivity index (χ0) is 24.5. The van der Waals surface area contributed by atoms with Crippen molar-refractivity contribution >= 4 is 58.5 Å². The summed E-state index contributed by atoms with van der Waals surface area (Å²) in [7, 11) is 0. The maximum Gasteiger partial charge on any atom is 0.278 e. The smallest absolute Gasteiger partial charge is 0.278 e. The van der Waals surface area contributed by atoms with Crippen LogP contribution in [0.2, 0.25) is 10.0 Å². The number of hydrogen-bond donors (Lipinski definition) is 2. The van der Waals surface area contributed by atoms with E-state index in [0.29, 0.717) is 48.1 Å². The van der Waals surface area contributed by atoms with E-state index in [1.165, 1.54) is 10.9 Å². The highest BCUT2D eigenvalue weighted by molar-refractivity contribution is 6.42. The van der Waals surface area contributed by atoms with Crippen LogP contribution in [0.25, 0.3) is 11.0 Å². The molecular weight excluding hydrogens is 532 g/mol. The highest BCUT2D eigenvalue weighted by atomic mass is 35.5. The largest absolute Gasteiger partial charge is 0.352 e. The molecule has 3 aromatic heterocycles. The third-order valence-electron chi connectivity index (χ3n) is 5.96. The Labute approximate surface area is 221 Å². The van der Waals surface area contributed by atoms with E-state index in [-0.39, 0.29) is 41.3 Å². The molecule has 0 radical (unpaired) electrons. The second-order valence-electron chi connectivity index (χ2n) is 8.21. The number of rotatable bonds is 5. The predicted molar refractivity (Wildman–Crippen MR) is 138 cm³/mol. The quantitative estimate of drug-likeness (QED) is 0.378. The number of anilines is 1. The van der Waals surface area contributed by atoms with Crippen molar-refractivity contribution < 1.29 is 9.18 Å². The second kappa shape index (κ2) is 10.8. The summed E-state index contributed by atoms with van der Waals surface area (Å²) in [6.45, 7) is 1.20. The van der Waals surface area contributed by atoms with Gasteiger partial charge in [-0.2, -0.15) is 4.39 Å². The molecule has 5 rings (SSSR count). The number of nitrogens with one attached hydrogen (secondary N) is 2. The molecular formula is C23H21Cl3FN7O2. The lowest BCUT2D eigenvalue weighted by Gasteiger charge is -2.32. The number of amides is 1. The minimum absolute atomic E-state index is 0. The lowest BCUT2D eigenvalue weighted by molar-refractivity contribution is 0.0690. The summed E-state index contributed by atoms with van der Waals surface area (Å²) >= 11 is 12.0. The Kier molecular flexibility index (Phi) is 7.77. The first-order valence-electron chi connectivity index (χ1n) is 11.0. The molecule has 0 bridgehead atoms. The van der Waals surface area contributed by atoms with Crippen molar-refractivity contribution in [1.29, 1.82) is 0 Å². The van der Waals surface area contributed by atoms with Gasteiger partial charge in [-0.3, -0.25) is 24.2 Å². The van der Waals surface area contributed by atoms with Crippen LogP contribution in [0.15, 0.2) is 47.5 Å². The van der Waals surface area contributed by atoms with Gasteiger partial charge in [0.25, 0.3) is 17.4 Å². The Morgan fingerprint density at radius 2 is 1.97 bits per heavy atom. The lowest BCUT2D eigenvalue weighted by atomic mass is 10.0. The van der Waals surface area contributed by atoms with E-state index in [4.69, 9.17) is 23.2 Å². The first kappa shape index (κ1) is 25.9. The molecule has 4 heterocycles. The maximum absolute atomic E-state index is 14.7. The molecule has 0 saturated carbocycles. The number of carbonyl (C=O) groups is 1. The summed E-state index contributed by atoms with van der Waals surface area (Å²) in [6.07, 6.45) is 4.20. The van der Waals surface area contributed by atoms with Gasteiger partial charge in [-0.05, 0) is 42.7 Å². The van der Waals surface area contributed by atoms with Gasteiger partial charge in [0.1, 0.15) is 0 Å². The molecule has 1 saturated heterocycles. The van der Waals surface area contributed by atoms with Crippen LogP contribution in [-0.4, -0.2) is 48.6 Å². The Balaban J connectivity index is 0.00000304. The molecule has 2 N–H and O–H groups in total. The van der Waals surface area contributed by atoms with Crippen LogP contribution in [0.3, 0.4) is 0 Å². The first-order valence-corrected chi connectivity index (χ1v) is 11.7. The number of aromatic nitrogens is 5. The zero-order valence-electron chi connectivity index (χ0n) is 18.7. The van der Waals surface area contributed by atoms with Gasteiger partial charge < -0.3 is 10.2 Å². The fraction of sp³-hybridized carbons (Fsp3) is 0.261. The molecule has 36 heavy (non-hydrogen) atoms. The number of piperidine rings is 1. The van der Waals surface area contributed by atoms with Crippen LogP contribution >= 0.6 is 35.6 Å². The highest BCUT2D eigenvalue weighted by Gasteiger charge is 2.28. The Hall–Kier alpha value is -3.21. The van der Waals surface area contributed by atoms with Gasteiger partial charge in [-0.1, -0.05) is 29.3 Å². The van der Waals surface area contributed by atoms with Gasteiger partial charge in [-0.15, -0.1) is 17.5 Å². The minimum Gasteiger partial charge on any atom is -0.352 e. The third kappa shape index (κ3) is 5.16. The van der Waals surface area contributed by atoms with Crippen LogP contribution in [0, 0.1) is 5.95 Å². The molecule has 1 aromatic carbocycles. The summed E-state index contributed by atoms with van der Waals surface area (Å²) in [4.78, 5) is 38.1. The van der Waals surface area contributed by atoms with Crippen molar-refractivity contribution in [2.45, 2.75) is 25.4 Å². The Morgan fingerprint density at radius 3 is 2.67 bits per heavy atom. The number of H-pyrrole nitrogens is 1. The van der Waals surface area contributed by atoms with E-state index in [2.05, 4.69) is 25.4 Å². The number of hydrogen-bond acceptors (Lipinski definition) is 6. The SMILES string of the molecule is Cl.O=C(c1cccnc1)N1CCC(n2nc(F)c3nc(NCc4ccc(Cl)c(Cl)c4)[nH]c(=O)c32)CC1. The molecule has 0 atom stereocenters. The van der Waals surface area contributed by atoms with Crippen molar-refractivity contribution in [3.8, 4) is 0 Å². The molecule has 1 aliphatic heterocycles. The summed E-state index contributed by atoms with van der Waals surface area (Å²) in [5.41, 5.74) is 0.782. The predicted octanol–water partition coefficient (Wildman–Crippen LogP) is 4.47.